The number of carboxylic acid groups (broad SMARTS) is 1. The summed E-state index contributed by atoms with van der Waals surface area (Å²) in [7, 11) is 0. The molecule has 5 heteroatoms. The molecule has 0 unspecified atom stereocenters. The first kappa shape index (κ1) is 21.0. The Morgan fingerprint density at radius 3 is 1.46 bits per heavy atom. The molecule has 2 aromatic carbocycles. The van der Waals surface area contributed by atoms with Gasteiger partial charge in [-0.3, -0.25) is 4.79 Å². The van der Waals surface area contributed by atoms with Gasteiger partial charge in [0.15, 0.2) is 5.78 Å². The molecule has 0 heterocycles. The number of carbonyl (C=O) groups is 2. The van der Waals surface area contributed by atoms with Crippen molar-refractivity contribution in [3.63, 3.8) is 0 Å². The van der Waals surface area contributed by atoms with E-state index in [0.29, 0.717) is 11.1 Å². The van der Waals surface area contributed by atoms with Gasteiger partial charge in [0.05, 0.1) is 0 Å². The number of ketones is 1. The molecule has 0 amide bonds. The van der Waals surface area contributed by atoms with Crippen molar-refractivity contribution in [2.45, 2.75) is 33.0 Å². The van der Waals surface area contributed by atoms with Gasteiger partial charge in [0.2, 0.25) is 12.2 Å². The predicted octanol–water partition coefficient (Wildman–Crippen LogP) is 4.39. The third-order valence-electron chi connectivity index (χ3n) is 4.20. The molecule has 146 valence electrons. The second kappa shape index (κ2) is 9.04. The molecule has 2 rings (SSSR count). The molecule has 2 atom stereocenters. The third kappa shape index (κ3) is 5.33. The van der Waals surface area contributed by atoms with E-state index in [1.165, 1.54) is 6.92 Å². The minimum atomic E-state index is -1.56. The van der Waals surface area contributed by atoms with Crippen LogP contribution >= 0.6 is 0 Å². The van der Waals surface area contributed by atoms with Crippen LogP contribution in [0.25, 0.3) is 11.5 Å². The van der Waals surface area contributed by atoms with Crippen molar-refractivity contribution in [2.75, 3.05) is 0 Å². The van der Waals surface area contributed by atoms with Gasteiger partial charge in [-0.25, -0.2) is 4.79 Å². The Hall–Kier alpha value is -3.34. The second-order valence-corrected chi connectivity index (χ2v) is 6.60. The minimum Gasteiger partial charge on any atom is -0.478 e. The molecule has 5 nitrogen and oxygen atoms in total. The molecule has 0 bridgehead atoms. The number of ether oxygens (including phenoxy) is 2. The maximum absolute atomic E-state index is 12.1. The van der Waals surface area contributed by atoms with Crippen molar-refractivity contribution in [3.8, 4) is 0 Å². The van der Waals surface area contributed by atoms with E-state index < -0.39 is 24.0 Å². The second-order valence-electron chi connectivity index (χ2n) is 6.60. The van der Waals surface area contributed by atoms with Crippen LogP contribution in [0.1, 0.15) is 29.2 Å². The molecule has 2 aromatic rings. The largest absolute Gasteiger partial charge is 0.478 e. The first-order chi connectivity index (χ1) is 13.2. The number of benzene rings is 2. The number of hydrogen-bond donors (Lipinski definition) is 1. The molecule has 0 fully saturated rings. The molecular weight excluding hydrogens is 356 g/mol. The number of aliphatic carboxylic acids is 1. The first-order valence-corrected chi connectivity index (χ1v) is 8.77. The van der Waals surface area contributed by atoms with Gasteiger partial charge < -0.3 is 14.6 Å². The van der Waals surface area contributed by atoms with E-state index in [-0.39, 0.29) is 11.5 Å². The summed E-state index contributed by atoms with van der Waals surface area (Å²) in [4.78, 5) is 23.9. The van der Waals surface area contributed by atoms with E-state index in [9.17, 15) is 14.7 Å². The molecule has 0 aliphatic rings. The molecule has 0 radical (unpaired) electrons. The van der Waals surface area contributed by atoms with E-state index in [2.05, 4.69) is 13.2 Å². The van der Waals surface area contributed by atoms with Crippen LogP contribution in [0.4, 0.5) is 0 Å². The van der Waals surface area contributed by atoms with Crippen LogP contribution in [-0.2, 0) is 19.1 Å². The smallest absolute Gasteiger partial charge is 0.349 e. The monoisotopic (exact) mass is 380 g/mol. The van der Waals surface area contributed by atoms with Gasteiger partial charge in [-0.2, -0.15) is 0 Å². The molecule has 0 saturated carbocycles. The van der Waals surface area contributed by atoms with E-state index in [0.717, 1.165) is 11.1 Å². The summed E-state index contributed by atoms with van der Waals surface area (Å²) in [5, 5.41) is 9.62. The highest BCUT2D eigenvalue weighted by Gasteiger charge is 2.36. The number of carbonyl (C=O) groups excluding carboxylic acids is 1. The summed E-state index contributed by atoms with van der Waals surface area (Å²) >= 11 is 0. The fourth-order valence-corrected chi connectivity index (χ4v) is 2.52. The predicted molar refractivity (Wildman–Crippen MR) is 108 cm³/mol. The van der Waals surface area contributed by atoms with Crippen LogP contribution in [0.5, 0.6) is 0 Å². The number of hydrogen-bond acceptors (Lipinski definition) is 4. The maximum Gasteiger partial charge on any atom is 0.349 e. The molecule has 28 heavy (non-hydrogen) atoms. The summed E-state index contributed by atoms with van der Waals surface area (Å²) in [5.41, 5.74) is 3.38. The normalized spacial score (nSPS) is 12.5. The zero-order chi connectivity index (χ0) is 20.8. The van der Waals surface area contributed by atoms with Gasteiger partial charge in [-0.15, -0.1) is 0 Å². The number of rotatable bonds is 9. The number of aryl methyl sites for hydroxylation is 2. The summed E-state index contributed by atoms with van der Waals surface area (Å²) in [6.07, 6.45) is -2.93. The Bertz CT molecular complexity index is 803. The summed E-state index contributed by atoms with van der Waals surface area (Å²) in [6, 6.07) is 14.6. The lowest BCUT2D eigenvalue weighted by atomic mass is 10.1. The van der Waals surface area contributed by atoms with Gasteiger partial charge in [0.1, 0.15) is 11.5 Å². The quantitative estimate of drug-likeness (QED) is 0.653. The first-order valence-electron chi connectivity index (χ1n) is 8.77. The van der Waals surface area contributed by atoms with Crippen LogP contribution in [0.3, 0.4) is 0 Å². The Morgan fingerprint density at radius 2 is 1.14 bits per heavy atom. The van der Waals surface area contributed by atoms with E-state index >= 15 is 0 Å². The van der Waals surface area contributed by atoms with Gasteiger partial charge in [0.25, 0.3) is 0 Å². The Kier molecular flexibility index (Phi) is 6.77. The van der Waals surface area contributed by atoms with Crippen LogP contribution in [0, 0.1) is 13.8 Å². The van der Waals surface area contributed by atoms with Crippen molar-refractivity contribution < 1.29 is 24.2 Å². The zero-order valence-electron chi connectivity index (χ0n) is 16.3. The molecule has 0 aliphatic carbocycles. The lowest BCUT2D eigenvalue weighted by Crippen LogP contribution is -2.42. The Balaban J connectivity index is 2.21. The van der Waals surface area contributed by atoms with Crippen LogP contribution in [-0.4, -0.2) is 29.1 Å². The highest BCUT2D eigenvalue weighted by molar-refractivity contribution is 5.89. The lowest BCUT2D eigenvalue weighted by Gasteiger charge is -2.25. The van der Waals surface area contributed by atoms with E-state index in [4.69, 9.17) is 9.47 Å². The van der Waals surface area contributed by atoms with Crippen molar-refractivity contribution in [2.24, 2.45) is 0 Å². The van der Waals surface area contributed by atoms with Gasteiger partial charge in [-0.05, 0) is 20.8 Å². The van der Waals surface area contributed by atoms with Crippen molar-refractivity contribution in [3.05, 3.63) is 83.9 Å². The lowest BCUT2D eigenvalue weighted by molar-refractivity contribution is -0.156. The highest BCUT2D eigenvalue weighted by Crippen LogP contribution is 2.23. The van der Waals surface area contributed by atoms with Gasteiger partial charge >= 0.3 is 5.97 Å². The average molecular weight is 380 g/mol. The molecule has 0 saturated heterocycles. The van der Waals surface area contributed by atoms with Crippen LogP contribution in [0.2, 0.25) is 0 Å². The fourth-order valence-electron chi connectivity index (χ4n) is 2.52. The number of Topliss-reactive ketones (excluding diaryl/α,β-unsaturated/α-hetero) is 1. The van der Waals surface area contributed by atoms with E-state index in [1.54, 1.807) is 24.3 Å². The minimum absolute atomic E-state index is 0.142. The SMILES string of the molecule is C=C(O[C@@H](C(C)=O)[C@@H](OC(=C)c1ccc(C)cc1)C(=O)O)c1ccc(C)cc1. The fraction of sp³-hybridized carbons (Fsp3) is 0.217. The Morgan fingerprint density at radius 1 is 0.786 bits per heavy atom. The molecule has 1 N–H and O–H groups in total. The average Bonchev–Trinajstić information content (AvgIpc) is 2.64. The van der Waals surface area contributed by atoms with Crippen LogP contribution < -0.4 is 0 Å². The van der Waals surface area contributed by atoms with Gasteiger partial charge in [-0.1, -0.05) is 72.8 Å². The van der Waals surface area contributed by atoms with Gasteiger partial charge in [0, 0.05) is 11.1 Å². The number of carboxylic acids is 1. The third-order valence-corrected chi connectivity index (χ3v) is 4.20. The Labute approximate surface area is 164 Å². The molecule has 0 aromatic heterocycles. The molecule has 0 aliphatic heterocycles. The maximum atomic E-state index is 12.1. The summed E-state index contributed by atoms with van der Waals surface area (Å²) in [5.74, 6) is -1.48. The summed E-state index contributed by atoms with van der Waals surface area (Å²) < 4.78 is 11.2. The van der Waals surface area contributed by atoms with E-state index in [1.807, 2.05) is 38.1 Å². The van der Waals surface area contributed by atoms with Crippen LogP contribution in [0.15, 0.2) is 61.7 Å². The topological polar surface area (TPSA) is 72.8 Å². The highest BCUT2D eigenvalue weighted by atomic mass is 16.6. The molecular formula is C23H24O5. The van der Waals surface area contributed by atoms with Crippen molar-refractivity contribution >= 4 is 23.3 Å². The summed E-state index contributed by atoms with van der Waals surface area (Å²) in [6.45, 7) is 12.7. The van der Waals surface area contributed by atoms with Crippen molar-refractivity contribution in [1.29, 1.82) is 0 Å². The molecule has 0 spiro atoms. The van der Waals surface area contributed by atoms with Crippen molar-refractivity contribution in [1.82, 2.24) is 0 Å². The standard InChI is InChI=1S/C23H24O5/c1-14-6-10-19(11-7-14)17(4)27-21(16(3)24)22(23(25)26)28-18(5)20-12-8-15(2)9-13-20/h6-13,21-22H,4-5H2,1-3H3,(H,25,26)/t21-,22+/m0/s1. The zero-order valence-corrected chi connectivity index (χ0v) is 16.3.